The third-order valence-electron chi connectivity index (χ3n) is 3.97. The lowest BCUT2D eigenvalue weighted by atomic mass is 9.99. The van der Waals surface area contributed by atoms with Crippen molar-refractivity contribution < 1.29 is 14.2 Å². The van der Waals surface area contributed by atoms with E-state index in [0.29, 0.717) is 25.4 Å². The number of nitrogens with zero attached hydrogens (tertiary/aromatic N) is 2. The Kier molecular flexibility index (Phi) is 5.96. The minimum absolute atomic E-state index is 0.0928. The summed E-state index contributed by atoms with van der Waals surface area (Å²) in [5.74, 6) is 0. The number of hydrogen-bond acceptors (Lipinski definition) is 5. The summed E-state index contributed by atoms with van der Waals surface area (Å²) in [7, 11) is 0. The predicted octanol–water partition coefficient (Wildman–Crippen LogP) is 3.01. The summed E-state index contributed by atoms with van der Waals surface area (Å²) >= 11 is 0. The smallest absolute Gasteiger partial charge is 0.157 e. The summed E-state index contributed by atoms with van der Waals surface area (Å²) in [6, 6.07) is 9.69. The largest absolute Gasteiger partial charge is 0.374 e. The van der Waals surface area contributed by atoms with E-state index in [1.807, 2.05) is 18.2 Å². The third-order valence-corrected chi connectivity index (χ3v) is 3.97. The van der Waals surface area contributed by atoms with E-state index in [1.54, 1.807) is 12.3 Å². The zero-order valence-corrected chi connectivity index (χ0v) is 13.5. The molecule has 0 bridgehead atoms. The van der Waals surface area contributed by atoms with Crippen LogP contribution in [-0.4, -0.2) is 36.3 Å². The molecule has 1 aliphatic rings. The Morgan fingerprint density at radius 1 is 1.29 bits per heavy atom. The highest BCUT2D eigenvalue weighted by atomic mass is 16.7. The van der Waals surface area contributed by atoms with Crippen LogP contribution in [0.15, 0.2) is 30.5 Å². The third kappa shape index (κ3) is 4.20. The Labute approximate surface area is 141 Å². The topological polar surface area (TPSA) is 80.2 Å². The van der Waals surface area contributed by atoms with E-state index in [9.17, 15) is 5.26 Å². The van der Waals surface area contributed by atoms with Crippen molar-refractivity contribution in [1.29, 1.82) is 5.26 Å². The summed E-state index contributed by atoms with van der Waals surface area (Å²) < 4.78 is 16.9. The standard InChI is InChI=1S/C18H21N3O3/c19-12-14-4-3-5-15(18(14)16-7-8-20-21-16)13-22-10-11-24-17-6-1-2-9-23-17/h3-5,7-8,17H,1-2,6,9-11,13H2,(H,20,21). The van der Waals surface area contributed by atoms with Crippen LogP contribution in [0.3, 0.4) is 0 Å². The van der Waals surface area contributed by atoms with Crippen LogP contribution in [0, 0.1) is 11.3 Å². The molecule has 1 aromatic heterocycles. The Balaban J connectivity index is 1.54. The van der Waals surface area contributed by atoms with Crippen LogP contribution in [-0.2, 0) is 20.8 Å². The van der Waals surface area contributed by atoms with Gasteiger partial charge >= 0.3 is 0 Å². The fraction of sp³-hybridized carbons (Fsp3) is 0.444. The fourth-order valence-corrected chi connectivity index (χ4v) is 2.79. The van der Waals surface area contributed by atoms with Crippen LogP contribution in [0.25, 0.3) is 11.3 Å². The molecule has 0 spiro atoms. The molecule has 0 radical (unpaired) electrons. The normalized spacial score (nSPS) is 17.5. The molecular formula is C18H21N3O3. The Bertz CT molecular complexity index is 673. The van der Waals surface area contributed by atoms with E-state index in [-0.39, 0.29) is 6.29 Å². The van der Waals surface area contributed by atoms with Crippen molar-refractivity contribution in [3.05, 3.63) is 41.6 Å². The molecule has 2 heterocycles. The quantitative estimate of drug-likeness (QED) is 0.791. The van der Waals surface area contributed by atoms with E-state index >= 15 is 0 Å². The first kappa shape index (κ1) is 16.7. The van der Waals surface area contributed by atoms with Crippen LogP contribution in [0.1, 0.15) is 30.4 Å². The lowest BCUT2D eigenvalue weighted by Gasteiger charge is -2.22. The second-order valence-electron chi connectivity index (χ2n) is 5.64. The van der Waals surface area contributed by atoms with Gasteiger partial charge in [0.25, 0.3) is 0 Å². The summed E-state index contributed by atoms with van der Waals surface area (Å²) in [5, 5.41) is 16.2. The van der Waals surface area contributed by atoms with Gasteiger partial charge < -0.3 is 14.2 Å². The Morgan fingerprint density at radius 2 is 2.25 bits per heavy atom. The number of rotatable bonds is 7. The number of aromatic amines is 1. The van der Waals surface area contributed by atoms with Gasteiger partial charge in [-0.05, 0) is 37.0 Å². The van der Waals surface area contributed by atoms with Gasteiger partial charge in [0.1, 0.15) is 0 Å². The van der Waals surface area contributed by atoms with Crippen LogP contribution >= 0.6 is 0 Å². The molecule has 0 amide bonds. The monoisotopic (exact) mass is 327 g/mol. The average Bonchev–Trinajstić information content (AvgIpc) is 3.16. The fourth-order valence-electron chi connectivity index (χ4n) is 2.79. The molecule has 0 saturated carbocycles. The number of benzene rings is 1. The number of nitriles is 1. The van der Waals surface area contributed by atoms with E-state index in [1.165, 1.54) is 0 Å². The number of hydrogen-bond donors (Lipinski definition) is 1. The summed E-state index contributed by atoms with van der Waals surface area (Å²) in [5.41, 5.74) is 3.21. The van der Waals surface area contributed by atoms with Crippen molar-refractivity contribution in [2.45, 2.75) is 32.2 Å². The van der Waals surface area contributed by atoms with Gasteiger partial charge in [0.2, 0.25) is 0 Å². The van der Waals surface area contributed by atoms with E-state index < -0.39 is 0 Å². The molecule has 1 aromatic carbocycles. The Morgan fingerprint density at radius 3 is 3.00 bits per heavy atom. The average molecular weight is 327 g/mol. The molecule has 3 rings (SSSR count). The van der Waals surface area contributed by atoms with Gasteiger partial charge in [-0.3, -0.25) is 5.10 Å². The molecule has 6 nitrogen and oxygen atoms in total. The lowest BCUT2D eigenvalue weighted by molar-refractivity contribution is -0.169. The van der Waals surface area contributed by atoms with Gasteiger partial charge in [0.05, 0.1) is 37.1 Å². The number of H-pyrrole nitrogens is 1. The molecule has 6 heteroatoms. The lowest BCUT2D eigenvalue weighted by Crippen LogP contribution is -2.23. The SMILES string of the molecule is N#Cc1cccc(COCCOC2CCCCO2)c1-c1ccn[nH]1. The molecule has 1 atom stereocenters. The molecule has 126 valence electrons. The second-order valence-corrected chi connectivity index (χ2v) is 5.64. The Hall–Kier alpha value is -2.20. The minimum Gasteiger partial charge on any atom is -0.374 e. The molecule has 1 fully saturated rings. The van der Waals surface area contributed by atoms with E-state index in [2.05, 4.69) is 16.3 Å². The van der Waals surface area contributed by atoms with Crippen molar-refractivity contribution >= 4 is 0 Å². The second kappa shape index (κ2) is 8.60. The molecular weight excluding hydrogens is 306 g/mol. The van der Waals surface area contributed by atoms with Crippen LogP contribution in [0.4, 0.5) is 0 Å². The highest BCUT2D eigenvalue weighted by Crippen LogP contribution is 2.26. The van der Waals surface area contributed by atoms with Gasteiger partial charge in [0, 0.05) is 18.4 Å². The summed E-state index contributed by atoms with van der Waals surface area (Å²) in [4.78, 5) is 0. The predicted molar refractivity (Wildman–Crippen MR) is 87.9 cm³/mol. The van der Waals surface area contributed by atoms with E-state index in [4.69, 9.17) is 14.2 Å². The van der Waals surface area contributed by atoms with Crippen LogP contribution in [0.2, 0.25) is 0 Å². The maximum Gasteiger partial charge on any atom is 0.157 e. The first-order valence-electron chi connectivity index (χ1n) is 8.21. The van der Waals surface area contributed by atoms with Gasteiger partial charge in [-0.15, -0.1) is 0 Å². The van der Waals surface area contributed by atoms with Crippen LogP contribution < -0.4 is 0 Å². The molecule has 1 aliphatic heterocycles. The number of ether oxygens (including phenoxy) is 3. The van der Waals surface area contributed by atoms with Gasteiger partial charge in [0.15, 0.2) is 6.29 Å². The first-order valence-corrected chi connectivity index (χ1v) is 8.21. The molecule has 24 heavy (non-hydrogen) atoms. The maximum absolute atomic E-state index is 9.34. The van der Waals surface area contributed by atoms with Crippen molar-refractivity contribution in [1.82, 2.24) is 10.2 Å². The summed E-state index contributed by atoms with van der Waals surface area (Å²) in [6.45, 7) is 2.18. The summed E-state index contributed by atoms with van der Waals surface area (Å²) in [6.07, 6.45) is 4.80. The molecule has 1 N–H and O–H groups in total. The number of nitrogens with one attached hydrogen (secondary N) is 1. The van der Waals surface area contributed by atoms with E-state index in [0.717, 1.165) is 42.7 Å². The van der Waals surface area contributed by atoms with Crippen molar-refractivity contribution in [3.8, 4) is 17.3 Å². The molecule has 1 unspecified atom stereocenters. The van der Waals surface area contributed by atoms with Crippen molar-refractivity contribution in [3.63, 3.8) is 0 Å². The maximum atomic E-state index is 9.34. The minimum atomic E-state index is -0.0928. The highest BCUT2D eigenvalue weighted by Gasteiger charge is 2.14. The molecule has 0 aliphatic carbocycles. The van der Waals surface area contributed by atoms with Gasteiger partial charge in [-0.25, -0.2) is 0 Å². The molecule has 1 saturated heterocycles. The first-order chi connectivity index (χ1) is 11.9. The van der Waals surface area contributed by atoms with Crippen LogP contribution in [0.5, 0.6) is 0 Å². The zero-order valence-electron chi connectivity index (χ0n) is 13.5. The van der Waals surface area contributed by atoms with Crippen molar-refractivity contribution in [2.75, 3.05) is 19.8 Å². The highest BCUT2D eigenvalue weighted by molar-refractivity contribution is 5.70. The van der Waals surface area contributed by atoms with Gasteiger partial charge in [-0.2, -0.15) is 10.4 Å². The zero-order chi connectivity index (χ0) is 16.6. The molecule has 2 aromatic rings. The van der Waals surface area contributed by atoms with Gasteiger partial charge in [-0.1, -0.05) is 12.1 Å². The van der Waals surface area contributed by atoms with Crippen molar-refractivity contribution in [2.24, 2.45) is 0 Å². The number of aromatic nitrogens is 2.